The van der Waals surface area contributed by atoms with Crippen LogP contribution in [0, 0.1) is 10.1 Å². The summed E-state index contributed by atoms with van der Waals surface area (Å²) in [6.45, 7) is 0.790. The van der Waals surface area contributed by atoms with E-state index >= 15 is 0 Å². The minimum absolute atomic E-state index is 0.0108. The highest BCUT2D eigenvalue weighted by molar-refractivity contribution is 6.31. The van der Waals surface area contributed by atoms with E-state index in [2.05, 4.69) is 5.32 Å². The Kier molecular flexibility index (Phi) is 5.94. The molecule has 0 saturated heterocycles. The third-order valence-corrected chi connectivity index (χ3v) is 3.25. The zero-order valence-corrected chi connectivity index (χ0v) is 13.0. The number of nitro benzene ring substituents is 1. The molecule has 23 heavy (non-hydrogen) atoms. The number of carbonyl (C=O) groups is 1. The number of nitrogens with one attached hydrogen (secondary N) is 1. The highest BCUT2D eigenvalue weighted by atomic mass is 35.5. The first-order valence-corrected chi connectivity index (χ1v) is 7.35. The molecule has 0 unspecified atom stereocenters. The average Bonchev–Trinajstić information content (AvgIpc) is 2.55. The van der Waals surface area contributed by atoms with E-state index in [1.807, 2.05) is 30.3 Å². The zero-order chi connectivity index (χ0) is 16.7. The predicted molar refractivity (Wildman–Crippen MR) is 87.0 cm³/mol. The van der Waals surface area contributed by atoms with Crippen LogP contribution in [0.5, 0.6) is 5.75 Å². The van der Waals surface area contributed by atoms with Crippen molar-refractivity contribution < 1.29 is 14.5 Å². The summed E-state index contributed by atoms with van der Waals surface area (Å²) in [5.74, 6) is 0.250. The molecular weight excluding hydrogens is 320 g/mol. The molecule has 2 aromatic rings. The van der Waals surface area contributed by atoms with Crippen molar-refractivity contribution in [3.63, 3.8) is 0 Å². The SMILES string of the molecule is O=C(NCCCOc1ccccc1)c1ccc(Cl)cc1[N+](=O)[O-]. The van der Waals surface area contributed by atoms with Crippen LogP contribution in [0.1, 0.15) is 16.8 Å². The number of hydrogen-bond acceptors (Lipinski definition) is 4. The molecule has 0 aliphatic carbocycles. The lowest BCUT2D eigenvalue weighted by atomic mass is 10.1. The highest BCUT2D eigenvalue weighted by Gasteiger charge is 2.20. The van der Waals surface area contributed by atoms with Crippen LogP contribution < -0.4 is 10.1 Å². The fraction of sp³-hybridized carbons (Fsp3) is 0.188. The fourth-order valence-electron chi connectivity index (χ4n) is 1.92. The molecule has 0 saturated carbocycles. The Hall–Kier alpha value is -2.60. The molecule has 0 bridgehead atoms. The molecule has 0 aliphatic heterocycles. The van der Waals surface area contributed by atoms with E-state index in [0.717, 1.165) is 11.8 Å². The number of nitrogens with zero attached hydrogens (tertiary/aromatic N) is 1. The van der Waals surface area contributed by atoms with E-state index in [9.17, 15) is 14.9 Å². The topological polar surface area (TPSA) is 81.5 Å². The second-order valence-corrected chi connectivity index (χ2v) is 5.13. The van der Waals surface area contributed by atoms with Gasteiger partial charge in [0, 0.05) is 17.6 Å². The van der Waals surface area contributed by atoms with Gasteiger partial charge in [-0.2, -0.15) is 0 Å². The Morgan fingerprint density at radius 3 is 2.65 bits per heavy atom. The van der Waals surface area contributed by atoms with Gasteiger partial charge in [-0.3, -0.25) is 14.9 Å². The lowest BCUT2D eigenvalue weighted by Gasteiger charge is -2.08. The van der Waals surface area contributed by atoms with Crippen molar-refractivity contribution in [3.8, 4) is 5.75 Å². The van der Waals surface area contributed by atoms with Crippen molar-refractivity contribution in [1.82, 2.24) is 5.32 Å². The van der Waals surface area contributed by atoms with Crippen LogP contribution >= 0.6 is 11.6 Å². The van der Waals surface area contributed by atoms with Gasteiger partial charge in [0.25, 0.3) is 11.6 Å². The molecule has 1 amide bonds. The smallest absolute Gasteiger partial charge is 0.283 e. The van der Waals surface area contributed by atoms with Gasteiger partial charge < -0.3 is 10.1 Å². The Labute approximate surface area is 138 Å². The van der Waals surface area contributed by atoms with Gasteiger partial charge in [0.2, 0.25) is 0 Å². The molecule has 7 heteroatoms. The van der Waals surface area contributed by atoms with Crippen molar-refractivity contribution in [1.29, 1.82) is 0 Å². The van der Waals surface area contributed by atoms with Crippen LogP contribution in [0.4, 0.5) is 5.69 Å². The van der Waals surface area contributed by atoms with Gasteiger partial charge in [0.15, 0.2) is 0 Å². The van der Waals surface area contributed by atoms with Crippen LogP contribution in [0.2, 0.25) is 5.02 Å². The molecule has 2 rings (SSSR count). The summed E-state index contributed by atoms with van der Waals surface area (Å²) >= 11 is 5.72. The summed E-state index contributed by atoms with van der Waals surface area (Å²) in [6, 6.07) is 13.3. The molecular formula is C16H15ClN2O4. The van der Waals surface area contributed by atoms with Gasteiger partial charge in [-0.15, -0.1) is 0 Å². The molecule has 120 valence electrons. The summed E-state index contributed by atoms with van der Waals surface area (Å²) in [4.78, 5) is 22.3. The Morgan fingerprint density at radius 1 is 1.22 bits per heavy atom. The van der Waals surface area contributed by atoms with Gasteiger partial charge in [-0.05, 0) is 30.7 Å². The third-order valence-electron chi connectivity index (χ3n) is 3.02. The largest absolute Gasteiger partial charge is 0.494 e. The van der Waals surface area contributed by atoms with E-state index in [-0.39, 0.29) is 16.3 Å². The molecule has 0 fully saturated rings. The van der Waals surface area contributed by atoms with Crippen molar-refractivity contribution in [2.24, 2.45) is 0 Å². The van der Waals surface area contributed by atoms with Gasteiger partial charge in [-0.1, -0.05) is 29.8 Å². The summed E-state index contributed by atoms with van der Waals surface area (Å²) in [6.07, 6.45) is 0.585. The molecule has 0 aliphatic rings. The van der Waals surface area contributed by atoms with Crippen LogP contribution in [0.25, 0.3) is 0 Å². The van der Waals surface area contributed by atoms with Crippen LogP contribution in [-0.4, -0.2) is 24.0 Å². The first kappa shape index (κ1) is 16.8. The monoisotopic (exact) mass is 334 g/mol. The first-order chi connectivity index (χ1) is 11.1. The Bertz CT molecular complexity index is 692. The number of ether oxygens (including phenoxy) is 1. The van der Waals surface area contributed by atoms with E-state index < -0.39 is 10.8 Å². The number of hydrogen-bond donors (Lipinski definition) is 1. The summed E-state index contributed by atoms with van der Waals surface area (Å²) in [5.41, 5.74) is -0.320. The van der Waals surface area contributed by atoms with E-state index in [0.29, 0.717) is 19.6 Å². The van der Waals surface area contributed by atoms with Gasteiger partial charge >= 0.3 is 0 Å². The summed E-state index contributed by atoms with van der Waals surface area (Å²) in [5, 5.41) is 13.8. The number of nitro groups is 1. The fourth-order valence-corrected chi connectivity index (χ4v) is 2.09. The number of halogens is 1. The van der Waals surface area contributed by atoms with E-state index in [4.69, 9.17) is 16.3 Å². The molecule has 6 nitrogen and oxygen atoms in total. The van der Waals surface area contributed by atoms with E-state index in [1.54, 1.807) is 0 Å². The molecule has 0 spiro atoms. The maximum atomic E-state index is 12.0. The standard InChI is InChI=1S/C16H15ClN2O4/c17-12-7-8-14(15(11-12)19(21)22)16(20)18-9-4-10-23-13-5-2-1-3-6-13/h1-3,5-8,11H,4,9-10H2,(H,18,20). The van der Waals surface area contributed by atoms with Crippen molar-refractivity contribution in [3.05, 3.63) is 69.2 Å². The van der Waals surface area contributed by atoms with Gasteiger partial charge in [0.1, 0.15) is 11.3 Å². The molecule has 0 heterocycles. The first-order valence-electron chi connectivity index (χ1n) is 6.98. The number of benzene rings is 2. The van der Waals surface area contributed by atoms with Crippen LogP contribution in [0.15, 0.2) is 48.5 Å². The second-order valence-electron chi connectivity index (χ2n) is 4.69. The molecule has 0 atom stereocenters. The van der Waals surface area contributed by atoms with Crippen molar-refractivity contribution in [2.75, 3.05) is 13.2 Å². The van der Waals surface area contributed by atoms with Gasteiger partial charge in [-0.25, -0.2) is 0 Å². The summed E-state index contributed by atoms with van der Waals surface area (Å²) in [7, 11) is 0. The van der Waals surface area contributed by atoms with E-state index in [1.165, 1.54) is 12.1 Å². The predicted octanol–water partition coefficient (Wildman–Crippen LogP) is 3.45. The second kappa shape index (κ2) is 8.14. The number of amides is 1. The van der Waals surface area contributed by atoms with Crippen LogP contribution in [0.3, 0.4) is 0 Å². The lowest BCUT2D eigenvalue weighted by Crippen LogP contribution is -2.26. The van der Waals surface area contributed by atoms with Crippen LogP contribution in [-0.2, 0) is 0 Å². The maximum absolute atomic E-state index is 12.0. The lowest BCUT2D eigenvalue weighted by molar-refractivity contribution is -0.385. The quantitative estimate of drug-likeness (QED) is 0.477. The highest BCUT2D eigenvalue weighted by Crippen LogP contribution is 2.23. The average molecular weight is 335 g/mol. The molecule has 2 aromatic carbocycles. The Morgan fingerprint density at radius 2 is 1.96 bits per heavy atom. The Balaban J connectivity index is 1.82. The summed E-state index contributed by atoms with van der Waals surface area (Å²) < 4.78 is 5.49. The number of para-hydroxylation sites is 1. The minimum Gasteiger partial charge on any atom is -0.494 e. The maximum Gasteiger partial charge on any atom is 0.283 e. The molecule has 0 radical (unpaired) electrons. The number of carbonyl (C=O) groups excluding carboxylic acids is 1. The molecule has 1 N–H and O–H groups in total. The minimum atomic E-state index is -0.626. The van der Waals surface area contributed by atoms with Crippen molar-refractivity contribution >= 4 is 23.2 Å². The molecule has 0 aromatic heterocycles. The van der Waals surface area contributed by atoms with Crippen molar-refractivity contribution in [2.45, 2.75) is 6.42 Å². The third kappa shape index (κ3) is 4.96. The van der Waals surface area contributed by atoms with Gasteiger partial charge in [0.05, 0.1) is 11.5 Å². The zero-order valence-electron chi connectivity index (χ0n) is 12.2. The number of rotatable bonds is 7. The normalized spacial score (nSPS) is 10.1.